The van der Waals surface area contributed by atoms with E-state index in [2.05, 4.69) is 24.3 Å². The van der Waals surface area contributed by atoms with Crippen molar-refractivity contribution in [3.8, 4) is 0 Å². The van der Waals surface area contributed by atoms with Gasteiger partial charge in [0.1, 0.15) is 0 Å². The molecule has 0 amide bonds. The summed E-state index contributed by atoms with van der Waals surface area (Å²) in [5.41, 5.74) is -5.65. The van der Waals surface area contributed by atoms with E-state index in [1.807, 2.05) is 0 Å². The molecule has 8 heteroatoms. The van der Waals surface area contributed by atoms with E-state index in [1.165, 1.54) is 25.7 Å². The minimum atomic E-state index is -6.09. The molecule has 0 aromatic heterocycles. The number of hydrogen-bond donors (Lipinski definition) is 0. The van der Waals surface area contributed by atoms with Crippen molar-refractivity contribution < 1.29 is 45.6 Å². The van der Waals surface area contributed by atoms with Gasteiger partial charge in [0.25, 0.3) is 0 Å². The molecular formula is C9H12F3O3RhS. The minimum absolute atomic E-state index is 0. The van der Waals surface area contributed by atoms with Crippen molar-refractivity contribution in [2.45, 2.75) is 31.2 Å². The van der Waals surface area contributed by atoms with Crippen molar-refractivity contribution in [3.63, 3.8) is 0 Å². The summed E-state index contributed by atoms with van der Waals surface area (Å²) < 4.78 is 58.9. The first kappa shape index (κ1) is 19.2. The van der Waals surface area contributed by atoms with Gasteiger partial charge in [0.15, 0.2) is 10.1 Å². The normalized spacial score (nSPS) is 19.8. The summed E-state index contributed by atoms with van der Waals surface area (Å²) in [7, 11) is -6.09. The van der Waals surface area contributed by atoms with E-state index in [-0.39, 0.29) is 19.5 Å². The second kappa shape index (κ2) is 8.83. The molecule has 0 aromatic rings. The van der Waals surface area contributed by atoms with E-state index >= 15 is 0 Å². The van der Waals surface area contributed by atoms with Crippen LogP contribution in [0.1, 0.15) is 25.7 Å². The summed E-state index contributed by atoms with van der Waals surface area (Å²) in [6.45, 7) is 0. The average molecular weight is 360 g/mol. The van der Waals surface area contributed by atoms with Crippen LogP contribution >= 0.6 is 0 Å². The van der Waals surface area contributed by atoms with E-state index in [1.54, 1.807) is 0 Å². The fourth-order valence-electron chi connectivity index (χ4n) is 0.856. The minimum Gasteiger partial charge on any atom is -0.741 e. The molecule has 0 aromatic carbocycles. The molecule has 1 aliphatic carbocycles. The molecule has 3 nitrogen and oxygen atoms in total. The van der Waals surface area contributed by atoms with Crippen LogP contribution in [0, 0.1) is 0 Å². The summed E-state index contributed by atoms with van der Waals surface area (Å²) in [4.78, 5) is 0. The van der Waals surface area contributed by atoms with Gasteiger partial charge in [0.05, 0.1) is 0 Å². The predicted octanol–water partition coefficient (Wildman–Crippen LogP) is 2.72. The zero-order valence-corrected chi connectivity index (χ0v) is 11.2. The van der Waals surface area contributed by atoms with Gasteiger partial charge in [-0.2, -0.15) is 13.2 Å². The van der Waals surface area contributed by atoms with Crippen LogP contribution < -0.4 is 0 Å². The van der Waals surface area contributed by atoms with Gasteiger partial charge >= 0.3 is 25.0 Å². The predicted molar refractivity (Wildman–Crippen MR) is 52.5 cm³/mol. The maximum Gasteiger partial charge on any atom is 1.00 e. The molecule has 0 heterocycles. The molecule has 0 atom stereocenters. The van der Waals surface area contributed by atoms with E-state index in [4.69, 9.17) is 13.0 Å². The maximum atomic E-state index is 10.7. The van der Waals surface area contributed by atoms with Crippen molar-refractivity contribution >= 4 is 10.1 Å². The Bertz CT molecular complexity index is 321. The molecule has 17 heavy (non-hydrogen) atoms. The second-order valence-electron chi connectivity index (χ2n) is 3.00. The van der Waals surface area contributed by atoms with E-state index in [0.717, 1.165) is 0 Å². The molecule has 1 rings (SSSR count). The smallest absolute Gasteiger partial charge is 0.741 e. The third kappa shape index (κ3) is 10.7. The first-order valence-electron chi connectivity index (χ1n) is 4.57. The summed E-state index contributed by atoms with van der Waals surface area (Å²) in [6, 6.07) is 0. The SMILES string of the molecule is C1=C\CC/C=C\CC/1.O=S(=O)([O-])C(F)(F)F.[Rh+]. The average Bonchev–Trinajstić information content (AvgIpc) is 1.98. The van der Waals surface area contributed by atoms with Gasteiger partial charge in [-0.1, -0.05) is 24.3 Å². The van der Waals surface area contributed by atoms with Crippen LogP contribution in [0.5, 0.6) is 0 Å². The van der Waals surface area contributed by atoms with Gasteiger partial charge in [0.2, 0.25) is 0 Å². The summed E-state index contributed by atoms with van der Waals surface area (Å²) in [5, 5.41) is 0. The number of alkyl halides is 3. The molecule has 0 saturated heterocycles. The van der Waals surface area contributed by atoms with Gasteiger partial charge in [0, 0.05) is 0 Å². The fraction of sp³-hybridized carbons (Fsp3) is 0.556. The van der Waals surface area contributed by atoms with Crippen LogP contribution in [0.2, 0.25) is 0 Å². The number of hydrogen-bond acceptors (Lipinski definition) is 3. The molecule has 1 aliphatic rings. The number of halogens is 3. The standard InChI is InChI=1S/C8H12.CHF3O3S.Rh/c1-2-4-6-8-7-5-3-1;2-1(3,4)8(5,6)7;/h1-2,7-8H,3-6H2;(H,5,6,7);/q;;+1/p-1/b2-1-,8-7-;;. The summed E-state index contributed by atoms with van der Waals surface area (Å²) >= 11 is 0. The molecule has 0 aliphatic heterocycles. The first-order chi connectivity index (χ1) is 7.25. The third-order valence-electron chi connectivity index (χ3n) is 1.62. The Morgan fingerprint density at radius 3 is 1.18 bits per heavy atom. The Hall–Kier alpha value is -0.197. The van der Waals surface area contributed by atoms with E-state index < -0.39 is 15.6 Å². The quantitative estimate of drug-likeness (QED) is 0.289. The number of allylic oxidation sites excluding steroid dienone is 4. The molecule has 0 fully saturated rings. The van der Waals surface area contributed by atoms with Crippen LogP contribution in [0.4, 0.5) is 13.2 Å². The van der Waals surface area contributed by atoms with Crippen molar-refractivity contribution in [1.29, 1.82) is 0 Å². The summed E-state index contributed by atoms with van der Waals surface area (Å²) in [5.74, 6) is 0. The third-order valence-corrected chi connectivity index (χ3v) is 2.18. The van der Waals surface area contributed by atoms with Crippen molar-refractivity contribution in [2.24, 2.45) is 0 Å². The fourth-order valence-corrected chi connectivity index (χ4v) is 0.856. The Labute approximate surface area is 111 Å². The monoisotopic (exact) mass is 360 g/mol. The first-order valence-corrected chi connectivity index (χ1v) is 5.98. The zero-order valence-electron chi connectivity index (χ0n) is 8.74. The van der Waals surface area contributed by atoms with Crippen LogP contribution in [-0.2, 0) is 29.6 Å². The van der Waals surface area contributed by atoms with Gasteiger partial charge < -0.3 is 4.55 Å². The molecule has 0 bridgehead atoms. The Morgan fingerprint density at radius 2 is 1.06 bits per heavy atom. The van der Waals surface area contributed by atoms with Gasteiger partial charge in [-0.05, 0) is 25.7 Å². The molecular weight excluding hydrogens is 348 g/mol. The van der Waals surface area contributed by atoms with E-state index in [9.17, 15) is 13.2 Å². The Kier molecular flexibility index (Phi) is 9.95. The van der Waals surface area contributed by atoms with Crippen LogP contribution in [0.15, 0.2) is 24.3 Å². The molecule has 0 unspecified atom stereocenters. The van der Waals surface area contributed by atoms with Gasteiger partial charge in [-0.25, -0.2) is 8.42 Å². The molecule has 0 spiro atoms. The number of rotatable bonds is 0. The molecule has 102 valence electrons. The van der Waals surface area contributed by atoms with E-state index in [0.29, 0.717) is 0 Å². The summed E-state index contributed by atoms with van der Waals surface area (Å²) in [6.07, 6.45) is 14.0. The Morgan fingerprint density at radius 1 is 0.882 bits per heavy atom. The molecule has 0 radical (unpaired) electrons. The van der Waals surface area contributed by atoms with Crippen LogP contribution in [-0.4, -0.2) is 18.5 Å². The zero-order chi connectivity index (χ0) is 12.7. The Balaban J connectivity index is 0. The van der Waals surface area contributed by atoms with Gasteiger partial charge in [-0.3, -0.25) is 0 Å². The van der Waals surface area contributed by atoms with Crippen LogP contribution in [0.25, 0.3) is 0 Å². The van der Waals surface area contributed by atoms with Crippen molar-refractivity contribution in [2.75, 3.05) is 0 Å². The van der Waals surface area contributed by atoms with Crippen LogP contribution in [0.3, 0.4) is 0 Å². The maximum absolute atomic E-state index is 10.7. The second-order valence-corrected chi connectivity index (χ2v) is 4.37. The molecule has 0 saturated carbocycles. The topological polar surface area (TPSA) is 57.2 Å². The van der Waals surface area contributed by atoms with Crippen molar-refractivity contribution in [1.82, 2.24) is 0 Å². The molecule has 0 N–H and O–H groups in total. The largest absolute Gasteiger partial charge is 1.00 e. The van der Waals surface area contributed by atoms with Crippen molar-refractivity contribution in [3.05, 3.63) is 24.3 Å². The van der Waals surface area contributed by atoms with Gasteiger partial charge in [-0.15, -0.1) is 0 Å².